The third-order valence-electron chi connectivity index (χ3n) is 2.62. The van der Waals surface area contributed by atoms with E-state index in [1.165, 1.54) is 6.08 Å². The predicted molar refractivity (Wildman–Crippen MR) is 56.1 cm³/mol. The fraction of sp³-hybridized carbons (Fsp3) is 0.636. The van der Waals surface area contributed by atoms with Crippen LogP contribution >= 0.6 is 0 Å². The average Bonchev–Trinajstić information content (AvgIpc) is 2.66. The molecule has 2 atom stereocenters. The lowest BCUT2D eigenvalue weighted by atomic mass is 10.0. The summed E-state index contributed by atoms with van der Waals surface area (Å²) in [6, 6.07) is -0.0884. The molecular formula is C11H17NO3. The first-order chi connectivity index (χ1) is 7.19. The molecule has 1 amide bonds. The molecule has 0 spiro atoms. The molecule has 1 aliphatic rings. The number of esters is 1. The lowest BCUT2D eigenvalue weighted by molar-refractivity contribution is -0.148. The second kappa shape index (κ2) is 5.53. The van der Waals surface area contributed by atoms with Crippen LogP contribution in [0.25, 0.3) is 0 Å². The zero-order valence-electron chi connectivity index (χ0n) is 8.99. The summed E-state index contributed by atoms with van der Waals surface area (Å²) in [5.41, 5.74) is 0. The molecule has 0 saturated heterocycles. The number of carbonyl (C=O) groups is 2. The Morgan fingerprint density at radius 1 is 1.53 bits per heavy atom. The van der Waals surface area contributed by atoms with Crippen molar-refractivity contribution in [2.75, 3.05) is 6.61 Å². The highest BCUT2D eigenvalue weighted by Gasteiger charge is 2.34. The number of rotatable bonds is 4. The third kappa shape index (κ3) is 3.08. The first-order valence-corrected chi connectivity index (χ1v) is 5.28. The second-order valence-electron chi connectivity index (χ2n) is 3.61. The van der Waals surface area contributed by atoms with Gasteiger partial charge in [-0.05, 0) is 25.8 Å². The highest BCUT2D eigenvalue weighted by atomic mass is 16.5. The lowest BCUT2D eigenvalue weighted by Crippen LogP contribution is -2.39. The summed E-state index contributed by atoms with van der Waals surface area (Å²) in [6.07, 6.45) is 3.80. The molecule has 0 radical (unpaired) electrons. The van der Waals surface area contributed by atoms with Gasteiger partial charge in [-0.3, -0.25) is 9.59 Å². The minimum atomic E-state index is -0.226. The SMILES string of the molecule is C=CC(=O)N[C@@H]1CCC[C@H]1C(=O)OCC. The van der Waals surface area contributed by atoms with Gasteiger partial charge in [0.25, 0.3) is 0 Å². The molecular weight excluding hydrogens is 194 g/mol. The van der Waals surface area contributed by atoms with Crippen molar-refractivity contribution >= 4 is 11.9 Å². The van der Waals surface area contributed by atoms with E-state index in [9.17, 15) is 9.59 Å². The summed E-state index contributed by atoms with van der Waals surface area (Å²) >= 11 is 0. The highest BCUT2D eigenvalue weighted by molar-refractivity contribution is 5.87. The molecule has 1 N–H and O–H groups in total. The van der Waals surface area contributed by atoms with E-state index >= 15 is 0 Å². The maximum absolute atomic E-state index is 11.5. The summed E-state index contributed by atoms with van der Waals surface area (Å²) in [6.45, 7) is 5.55. The summed E-state index contributed by atoms with van der Waals surface area (Å²) in [7, 11) is 0. The zero-order valence-corrected chi connectivity index (χ0v) is 8.99. The van der Waals surface area contributed by atoms with Gasteiger partial charge < -0.3 is 10.1 Å². The minimum Gasteiger partial charge on any atom is -0.466 e. The minimum absolute atomic E-state index is 0.0884. The molecule has 15 heavy (non-hydrogen) atoms. The molecule has 1 saturated carbocycles. The monoisotopic (exact) mass is 211 g/mol. The van der Waals surface area contributed by atoms with Crippen LogP contribution in [-0.2, 0) is 14.3 Å². The number of nitrogens with one attached hydrogen (secondary N) is 1. The number of ether oxygens (including phenoxy) is 1. The Kier molecular flexibility index (Phi) is 4.34. The van der Waals surface area contributed by atoms with Gasteiger partial charge in [-0.25, -0.2) is 0 Å². The van der Waals surface area contributed by atoms with Gasteiger partial charge in [0.1, 0.15) is 0 Å². The van der Waals surface area contributed by atoms with Crippen molar-refractivity contribution < 1.29 is 14.3 Å². The smallest absolute Gasteiger partial charge is 0.311 e. The molecule has 0 aromatic rings. The summed E-state index contributed by atoms with van der Waals surface area (Å²) in [5.74, 6) is -0.616. The van der Waals surface area contributed by atoms with Gasteiger partial charge >= 0.3 is 5.97 Å². The Labute approximate surface area is 89.7 Å². The highest BCUT2D eigenvalue weighted by Crippen LogP contribution is 2.26. The van der Waals surface area contributed by atoms with Gasteiger partial charge in [0, 0.05) is 6.04 Å². The number of hydrogen-bond acceptors (Lipinski definition) is 3. The quantitative estimate of drug-likeness (QED) is 0.558. The molecule has 1 fully saturated rings. The standard InChI is InChI=1S/C11H17NO3/c1-3-10(13)12-9-7-5-6-8(9)11(14)15-4-2/h3,8-9H,1,4-7H2,2H3,(H,12,13)/t8-,9-/m1/s1. The Morgan fingerprint density at radius 2 is 2.27 bits per heavy atom. The van der Waals surface area contributed by atoms with E-state index in [2.05, 4.69) is 11.9 Å². The van der Waals surface area contributed by atoms with E-state index in [1.54, 1.807) is 6.92 Å². The Balaban J connectivity index is 2.52. The van der Waals surface area contributed by atoms with Crippen molar-refractivity contribution in [1.29, 1.82) is 0 Å². The third-order valence-corrected chi connectivity index (χ3v) is 2.62. The van der Waals surface area contributed by atoms with Crippen LogP contribution < -0.4 is 5.32 Å². The summed E-state index contributed by atoms with van der Waals surface area (Å²) < 4.78 is 4.96. The fourth-order valence-corrected chi connectivity index (χ4v) is 1.91. The van der Waals surface area contributed by atoms with Crippen LogP contribution in [0.15, 0.2) is 12.7 Å². The van der Waals surface area contributed by atoms with Crippen LogP contribution in [0, 0.1) is 5.92 Å². The van der Waals surface area contributed by atoms with Gasteiger partial charge in [0.2, 0.25) is 5.91 Å². The van der Waals surface area contributed by atoms with Crippen molar-refractivity contribution in [3.8, 4) is 0 Å². The van der Waals surface area contributed by atoms with E-state index in [0.29, 0.717) is 6.61 Å². The van der Waals surface area contributed by atoms with E-state index in [4.69, 9.17) is 4.74 Å². The molecule has 0 aromatic heterocycles. The van der Waals surface area contributed by atoms with Gasteiger partial charge in [0.05, 0.1) is 12.5 Å². The molecule has 1 rings (SSSR count). The predicted octanol–water partition coefficient (Wildman–Crippen LogP) is 1.02. The van der Waals surface area contributed by atoms with Crippen LogP contribution in [0.5, 0.6) is 0 Å². The van der Waals surface area contributed by atoms with Crippen molar-refractivity contribution in [1.82, 2.24) is 5.32 Å². The topological polar surface area (TPSA) is 55.4 Å². The first kappa shape index (κ1) is 11.8. The molecule has 84 valence electrons. The van der Waals surface area contributed by atoms with Gasteiger partial charge in [-0.15, -0.1) is 0 Å². The number of amides is 1. The van der Waals surface area contributed by atoms with Crippen LogP contribution in [-0.4, -0.2) is 24.5 Å². The number of carbonyl (C=O) groups excluding carboxylic acids is 2. The number of hydrogen-bond donors (Lipinski definition) is 1. The normalized spacial score (nSPS) is 24.6. The van der Waals surface area contributed by atoms with Crippen molar-refractivity contribution in [3.63, 3.8) is 0 Å². The van der Waals surface area contributed by atoms with E-state index < -0.39 is 0 Å². The molecule has 0 aromatic carbocycles. The average molecular weight is 211 g/mol. The molecule has 0 unspecified atom stereocenters. The molecule has 4 nitrogen and oxygen atoms in total. The van der Waals surface area contributed by atoms with Crippen molar-refractivity contribution in [3.05, 3.63) is 12.7 Å². The van der Waals surface area contributed by atoms with Crippen molar-refractivity contribution in [2.45, 2.75) is 32.2 Å². The van der Waals surface area contributed by atoms with E-state index in [1.807, 2.05) is 0 Å². The van der Waals surface area contributed by atoms with Crippen LogP contribution in [0.4, 0.5) is 0 Å². The van der Waals surface area contributed by atoms with E-state index in [0.717, 1.165) is 19.3 Å². The zero-order chi connectivity index (χ0) is 11.3. The van der Waals surface area contributed by atoms with Crippen LogP contribution in [0.2, 0.25) is 0 Å². The fourth-order valence-electron chi connectivity index (χ4n) is 1.91. The van der Waals surface area contributed by atoms with Gasteiger partial charge in [0.15, 0.2) is 0 Å². The van der Waals surface area contributed by atoms with E-state index in [-0.39, 0.29) is 23.8 Å². The van der Waals surface area contributed by atoms with Crippen LogP contribution in [0.1, 0.15) is 26.2 Å². The van der Waals surface area contributed by atoms with Crippen molar-refractivity contribution in [2.24, 2.45) is 5.92 Å². The molecule has 0 heterocycles. The van der Waals surface area contributed by atoms with Gasteiger partial charge in [-0.2, -0.15) is 0 Å². The molecule has 1 aliphatic carbocycles. The summed E-state index contributed by atoms with van der Waals surface area (Å²) in [5, 5.41) is 2.76. The largest absolute Gasteiger partial charge is 0.466 e. The van der Waals surface area contributed by atoms with Gasteiger partial charge in [-0.1, -0.05) is 13.0 Å². The maximum Gasteiger partial charge on any atom is 0.311 e. The Bertz CT molecular complexity index is 263. The molecule has 0 aliphatic heterocycles. The maximum atomic E-state index is 11.5. The first-order valence-electron chi connectivity index (χ1n) is 5.28. The molecule has 0 bridgehead atoms. The van der Waals surface area contributed by atoms with Crippen LogP contribution in [0.3, 0.4) is 0 Å². The Morgan fingerprint density at radius 3 is 2.87 bits per heavy atom. The molecule has 4 heteroatoms. The lowest BCUT2D eigenvalue weighted by Gasteiger charge is -2.18. The Hall–Kier alpha value is -1.32. The summed E-state index contributed by atoms with van der Waals surface area (Å²) in [4.78, 5) is 22.6. The second-order valence-corrected chi connectivity index (χ2v) is 3.61.